The number of ether oxygens (including phenoxy) is 1. The van der Waals surface area contributed by atoms with E-state index in [1.54, 1.807) is 11.3 Å². The number of rotatable bonds is 5. The van der Waals surface area contributed by atoms with Gasteiger partial charge in [-0.1, -0.05) is 6.07 Å². The third-order valence-corrected chi connectivity index (χ3v) is 7.55. The Hall–Kier alpha value is -1.86. The van der Waals surface area contributed by atoms with Crippen molar-refractivity contribution in [3.8, 4) is 0 Å². The van der Waals surface area contributed by atoms with Gasteiger partial charge in [-0.3, -0.25) is 4.90 Å². The molecule has 1 aliphatic heterocycles. The molecule has 1 N–H and O–H groups in total. The lowest BCUT2D eigenvalue weighted by atomic mass is 9.81. The monoisotopic (exact) mass is 461 g/mol. The highest BCUT2D eigenvalue weighted by atomic mass is 32.1. The van der Waals surface area contributed by atoms with Crippen molar-refractivity contribution in [2.45, 2.75) is 70.2 Å². The largest absolute Gasteiger partial charge is 0.444 e. The van der Waals surface area contributed by atoms with E-state index in [1.165, 1.54) is 15.8 Å². The molecule has 1 saturated heterocycles. The van der Waals surface area contributed by atoms with Crippen LogP contribution >= 0.6 is 11.3 Å². The number of nitrogens with one attached hydrogen (secondary N) is 1. The molecule has 176 valence electrons. The number of nitrogens with zero attached hydrogens (tertiary/aromatic N) is 2. The quantitative estimate of drug-likeness (QED) is 0.631. The van der Waals surface area contributed by atoms with Crippen molar-refractivity contribution in [3.63, 3.8) is 0 Å². The summed E-state index contributed by atoms with van der Waals surface area (Å²) in [6, 6.07) is 8.75. The topological polar surface area (TPSA) is 44.8 Å². The van der Waals surface area contributed by atoms with Crippen LogP contribution in [0.2, 0.25) is 0 Å². The van der Waals surface area contributed by atoms with Crippen LogP contribution in [-0.2, 0) is 4.74 Å². The zero-order valence-electron chi connectivity index (χ0n) is 19.5. The summed E-state index contributed by atoms with van der Waals surface area (Å²) in [7, 11) is 0. The van der Waals surface area contributed by atoms with Gasteiger partial charge in [-0.05, 0) is 76.5 Å². The minimum Gasteiger partial charge on any atom is -0.444 e. The van der Waals surface area contributed by atoms with Crippen LogP contribution in [0.15, 0.2) is 29.6 Å². The number of carbonyl (C=O) groups excluding carboxylic acids is 1. The molecule has 0 radical (unpaired) electrons. The summed E-state index contributed by atoms with van der Waals surface area (Å²) < 4.78 is 22.1. The fraction of sp³-hybridized carbons (Fsp3) is 0.640. The maximum atomic E-state index is 15.4. The highest BCUT2D eigenvalue weighted by Gasteiger charge is 2.36. The lowest BCUT2D eigenvalue weighted by Crippen LogP contribution is -2.48. The lowest BCUT2D eigenvalue weighted by molar-refractivity contribution is 0.0398. The summed E-state index contributed by atoms with van der Waals surface area (Å²) in [6.45, 7) is 10.3. The number of alkyl carbamates (subject to hydrolysis) is 1. The molecule has 1 saturated carbocycles. The molecule has 32 heavy (non-hydrogen) atoms. The van der Waals surface area contributed by atoms with Crippen LogP contribution in [0.5, 0.6) is 0 Å². The number of fused-ring (bicyclic) bond motifs is 1. The molecule has 0 unspecified atom stereocenters. The van der Waals surface area contributed by atoms with Crippen LogP contribution in [-0.4, -0.2) is 61.0 Å². The van der Waals surface area contributed by atoms with Crippen LogP contribution in [0.25, 0.3) is 10.1 Å². The SMILES string of the molecule is CC(C)(C)OC(=O)NC1CCC(F)(CCN2CCN(c3cccc4sccc34)CC2)CC1. The number of hydrogen-bond donors (Lipinski definition) is 1. The first-order valence-corrected chi connectivity index (χ1v) is 12.7. The number of piperazine rings is 1. The molecule has 2 heterocycles. The minimum absolute atomic E-state index is 0.0112. The Balaban J connectivity index is 1.20. The Morgan fingerprint density at radius 2 is 1.91 bits per heavy atom. The molecule has 0 atom stereocenters. The van der Waals surface area contributed by atoms with Crippen LogP contribution in [0.4, 0.5) is 14.9 Å². The Morgan fingerprint density at radius 1 is 1.19 bits per heavy atom. The smallest absolute Gasteiger partial charge is 0.407 e. The van der Waals surface area contributed by atoms with Gasteiger partial charge >= 0.3 is 6.09 Å². The lowest BCUT2D eigenvalue weighted by Gasteiger charge is -2.39. The standard InChI is InChI=1S/C25H36FN3O2S/c1-24(2,3)31-23(30)27-19-7-10-25(26,11-8-19)12-13-28-14-16-29(17-15-28)21-5-4-6-22-20(21)9-18-32-22/h4-6,9,18-19H,7-8,10-17H2,1-3H3,(H,27,30). The van der Waals surface area contributed by atoms with Gasteiger partial charge in [0.05, 0.1) is 0 Å². The third kappa shape index (κ3) is 5.93. The molecule has 5 nitrogen and oxygen atoms in total. The van der Waals surface area contributed by atoms with E-state index in [9.17, 15) is 4.79 Å². The molecular weight excluding hydrogens is 425 g/mol. The average Bonchev–Trinajstić information content (AvgIpc) is 3.22. The molecule has 2 aliphatic rings. The molecule has 1 amide bonds. The van der Waals surface area contributed by atoms with E-state index in [0.717, 1.165) is 32.7 Å². The molecule has 1 aromatic carbocycles. The summed E-state index contributed by atoms with van der Waals surface area (Å²) in [5.74, 6) is 0. The fourth-order valence-electron chi connectivity index (χ4n) is 4.83. The molecule has 1 aliphatic carbocycles. The molecule has 2 aromatic rings. The normalized spacial score (nSPS) is 25.1. The van der Waals surface area contributed by atoms with Crippen molar-refractivity contribution in [2.24, 2.45) is 0 Å². The highest BCUT2D eigenvalue weighted by molar-refractivity contribution is 7.17. The Morgan fingerprint density at radius 3 is 2.59 bits per heavy atom. The first-order chi connectivity index (χ1) is 15.2. The zero-order chi connectivity index (χ0) is 22.8. The number of alkyl halides is 1. The van der Waals surface area contributed by atoms with Crippen LogP contribution in [0, 0.1) is 0 Å². The molecule has 0 bridgehead atoms. The van der Waals surface area contributed by atoms with E-state index >= 15 is 4.39 Å². The van der Waals surface area contributed by atoms with Gasteiger partial charge in [0.25, 0.3) is 0 Å². The predicted molar refractivity (Wildman–Crippen MR) is 131 cm³/mol. The van der Waals surface area contributed by atoms with Gasteiger partial charge in [0.15, 0.2) is 0 Å². The molecule has 7 heteroatoms. The first-order valence-electron chi connectivity index (χ1n) is 11.8. The predicted octanol–water partition coefficient (Wildman–Crippen LogP) is 5.59. The first kappa shape index (κ1) is 23.3. The highest BCUT2D eigenvalue weighted by Crippen LogP contribution is 2.36. The van der Waals surface area contributed by atoms with E-state index in [0.29, 0.717) is 32.1 Å². The summed E-state index contributed by atoms with van der Waals surface area (Å²) in [6.07, 6.45) is 2.54. The molecule has 2 fully saturated rings. The summed E-state index contributed by atoms with van der Waals surface area (Å²) >= 11 is 1.79. The minimum atomic E-state index is -1.12. The molecular formula is C25H36FN3O2S. The summed E-state index contributed by atoms with van der Waals surface area (Å²) in [5.41, 5.74) is -0.310. The van der Waals surface area contributed by atoms with E-state index in [4.69, 9.17) is 4.74 Å². The van der Waals surface area contributed by atoms with Gasteiger partial charge in [0.1, 0.15) is 11.3 Å². The second-order valence-electron chi connectivity index (χ2n) is 10.3. The van der Waals surface area contributed by atoms with Crippen molar-refractivity contribution >= 4 is 33.2 Å². The van der Waals surface area contributed by atoms with Crippen LogP contribution in [0.3, 0.4) is 0 Å². The average molecular weight is 462 g/mol. The molecule has 0 spiro atoms. The van der Waals surface area contributed by atoms with E-state index in [1.807, 2.05) is 20.8 Å². The molecule has 1 aromatic heterocycles. The number of hydrogen-bond acceptors (Lipinski definition) is 5. The van der Waals surface area contributed by atoms with Crippen molar-refractivity contribution in [2.75, 3.05) is 37.6 Å². The van der Waals surface area contributed by atoms with E-state index in [-0.39, 0.29) is 6.04 Å². The fourth-order valence-corrected chi connectivity index (χ4v) is 5.64. The van der Waals surface area contributed by atoms with Gasteiger partial charge in [-0.15, -0.1) is 11.3 Å². The van der Waals surface area contributed by atoms with Gasteiger partial charge in [0.2, 0.25) is 0 Å². The Kier molecular flexibility index (Phi) is 6.96. The maximum absolute atomic E-state index is 15.4. The Labute approximate surface area is 194 Å². The number of carbonyl (C=O) groups is 1. The van der Waals surface area contributed by atoms with Crippen LogP contribution in [0.1, 0.15) is 52.9 Å². The molecule has 4 rings (SSSR count). The van der Waals surface area contributed by atoms with Gasteiger partial charge in [-0.25, -0.2) is 9.18 Å². The van der Waals surface area contributed by atoms with Crippen molar-refractivity contribution in [1.82, 2.24) is 10.2 Å². The van der Waals surface area contributed by atoms with Crippen molar-refractivity contribution in [3.05, 3.63) is 29.6 Å². The van der Waals surface area contributed by atoms with Gasteiger partial charge in [0, 0.05) is 54.5 Å². The third-order valence-electron chi connectivity index (χ3n) is 6.66. The van der Waals surface area contributed by atoms with Crippen LogP contribution < -0.4 is 10.2 Å². The number of thiophene rings is 1. The second kappa shape index (κ2) is 9.56. The number of halogens is 1. The number of benzene rings is 1. The van der Waals surface area contributed by atoms with Crippen molar-refractivity contribution in [1.29, 1.82) is 0 Å². The summed E-state index contributed by atoms with van der Waals surface area (Å²) in [4.78, 5) is 16.8. The maximum Gasteiger partial charge on any atom is 0.407 e. The number of amides is 1. The van der Waals surface area contributed by atoms with Gasteiger partial charge in [-0.2, -0.15) is 0 Å². The van der Waals surface area contributed by atoms with Crippen molar-refractivity contribution < 1.29 is 13.9 Å². The van der Waals surface area contributed by atoms with E-state index in [2.05, 4.69) is 44.8 Å². The Bertz CT molecular complexity index is 909. The second-order valence-corrected chi connectivity index (χ2v) is 11.2. The zero-order valence-corrected chi connectivity index (χ0v) is 20.3. The van der Waals surface area contributed by atoms with Gasteiger partial charge < -0.3 is 15.0 Å². The van der Waals surface area contributed by atoms with E-state index < -0.39 is 17.4 Å². The summed E-state index contributed by atoms with van der Waals surface area (Å²) in [5, 5.41) is 6.40. The number of anilines is 1.